The standard InChI is InChI=1S/C23H19F3O3/c1-2-21(29-20-13-9-18(10-14-20)22(27)28)17-5-3-15(4-6-17)16-7-11-19(12-8-16)23(24,25)26/h3-14,21H,2H2,1H3,(H,27,28)/t21-/m1/s1. The third kappa shape index (κ3) is 4.96. The zero-order valence-corrected chi connectivity index (χ0v) is 15.6. The van der Waals surface area contributed by atoms with E-state index in [1.165, 1.54) is 24.3 Å². The molecule has 0 unspecified atom stereocenters. The molecule has 3 aromatic carbocycles. The Balaban J connectivity index is 1.74. The van der Waals surface area contributed by atoms with E-state index in [0.717, 1.165) is 23.3 Å². The van der Waals surface area contributed by atoms with Crippen LogP contribution in [0.3, 0.4) is 0 Å². The first-order valence-corrected chi connectivity index (χ1v) is 9.05. The second kappa shape index (κ2) is 8.39. The van der Waals surface area contributed by atoms with Crippen molar-refractivity contribution in [2.24, 2.45) is 0 Å². The number of hydrogen-bond donors (Lipinski definition) is 1. The zero-order valence-electron chi connectivity index (χ0n) is 15.6. The van der Waals surface area contributed by atoms with E-state index in [0.29, 0.717) is 17.7 Å². The van der Waals surface area contributed by atoms with Crippen LogP contribution in [0.5, 0.6) is 5.75 Å². The van der Waals surface area contributed by atoms with Crippen LogP contribution in [0.4, 0.5) is 13.2 Å². The number of benzene rings is 3. The molecule has 0 radical (unpaired) electrons. The Morgan fingerprint density at radius 1 is 0.897 bits per heavy atom. The maximum absolute atomic E-state index is 12.7. The largest absolute Gasteiger partial charge is 0.486 e. The van der Waals surface area contributed by atoms with Gasteiger partial charge in [-0.05, 0) is 59.5 Å². The topological polar surface area (TPSA) is 46.5 Å². The van der Waals surface area contributed by atoms with Gasteiger partial charge in [0, 0.05) is 0 Å². The molecule has 0 aliphatic heterocycles. The van der Waals surface area contributed by atoms with Gasteiger partial charge in [-0.2, -0.15) is 13.2 Å². The normalized spacial score (nSPS) is 12.4. The van der Waals surface area contributed by atoms with E-state index in [1.807, 2.05) is 31.2 Å². The lowest BCUT2D eigenvalue weighted by Crippen LogP contribution is -2.06. The second-order valence-corrected chi connectivity index (χ2v) is 6.54. The Morgan fingerprint density at radius 3 is 1.86 bits per heavy atom. The zero-order chi connectivity index (χ0) is 21.0. The van der Waals surface area contributed by atoms with Gasteiger partial charge in [-0.1, -0.05) is 43.3 Å². The first-order valence-electron chi connectivity index (χ1n) is 9.05. The summed E-state index contributed by atoms with van der Waals surface area (Å²) in [4.78, 5) is 10.9. The smallest absolute Gasteiger partial charge is 0.416 e. The number of carbonyl (C=O) groups is 1. The Labute approximate surface area is 166 Å². The van der Waals surface area contributed by atoms with E-state index in [-0.39, 0.29) is 11.7 Å². The average Bonchev–Trinajstić information content (AvgIpc) is 2.72. The molecule has 0 bridgehead atoms. The van der Waals surface area contributed by atoms with Gasteiger partial charge in [0.15, 0.2) is 0 Å². The molecule has 0 spiro atoms. The fourth-order valence-electron chi connectivity index (χ4n) is 2.97. The predicted octanol–water partition coefficient (Wildman–Crippen LogP) is 6.60. The van der Waals surface area contributed by atoms with Gasteiger partial charge in [-0.25, -0.2) is 4.79 Å². The highest BCUT2D eigenvalue weighted by Crippen LogP contribution is 2.32. The van der Waals surface area contributed by atoms with Crippen molar-refractivity contribution in [1.82, 2.24) is 0 Å². The summed E-state index contributed by atoms with van der Waals surface area (Å²) in [5.41, 5.74) is 1.94. The van der Waals surface area contributed by atoms with Crippen molar-refractivity contribution >= 4 is 5.97 Å². The van der Waals surface area contributed by atoms with Crippen LogP contribution in [0.2, 0.25) is 0 Å². The van der Waals surface area contributed by atoms with Crippen LogP contribution >= 0.6 is 0 Å². The molecule has 0 fully saturated rings. The predicted molar refractivity (Wildman–Crippen MR) is 104 cm³/mol. The summed E-state index contributed by atoms with van der Waals surface area (Å²) < 4.78 is 44.1. The Bertz CT molecular complexity index is 960. The molecule has 3 rings (SSSR count). The first-order chi connectivity index (χ1) is 13.8. The van der Waals surface area contributed by atoms with Crippen LogP contribution in [0.15, 0.2) is 72.8 Å². The minimum Gasteiger partial charge on any atom is -0.486 e. The van der Waals surface area contributed by atoms with E-state index in [9.17, 15) is 18.0 Å². The molecule has 6 heteroatoms. The summed E-state index contributed by atoms with van der Waals surface area (Å²) in [5.74, 6) is -0.434. The average molecular weight is 400 g/mol. The minimum atomic E-state index is -4.35. The van der Waals surface area contributed by atoms with E-state index < -0.39 is 17.7 Å². The van der Waals surface area contributed by atoms with Gasteiger partial charge in [0.25, 0.3) is 0 Å². The van der Waals surface area contributed by atoms with E-state index in [4.69, 9.17) is 9.84 Å². The lowest BCUT2D eigenvalue weighted by atomic mass is 10.00. The first kappa shape index (κ1) is 20.5. The van der Waals surface area contributed by atoms with Crippen LogP contribution in [0.1, 0.15) is 40.9 Å². The van der Waals surface area contributed by atoms with Crippen molar-refractivity contribution in [3.63, 3.8) is 0 Å². The number of carboxylic acid groups (broad SMARTS) is 1. The SMILES string of the molecule is CC[C@@H](Oc1ccc(C(=O)O)cc1)c1ccc(-c2ccc(C(F)(F)F)cc2)cc1. The Hall–Kier alpha value is -3.28. The summed E-state index contributed by atoms with van der Waals surface area (Å²) >= 11 is 0. The minimum absolute atomic E-state index is 0.186. The number of alkyl halides is 3. The molecular weight excluding hydrogens is 381 g/mol. The van der Waals surface area contributed by atoms with Gasteiger partial charge in [-0.15, -0.1) is 0 Å². The number of ether oxygens (including phenoxy) is 1. The Kier molecular flexibility index (Phi) is 5.92. The molecule has 0 aromatic heterocycles. The van der Waals surface area contributed by atoms with Gasteiger partial charge < -0.3 is 9.84 Å². The quantitative estimate of drug-likeness (QED) is 0.507. The highest BCUT2D eigenvalue weighted by atomic mass is 19.4. The van der Waals surface area contributed by atoms with E-state index in [2.05, 4.69) is 0 Å². The van der Waals surface area contributed by atoms with Gasteiger partial charge in [0.2, 0.25) is 0 Å². The van der Waals surface area contributed by atoms with Crippen LogP contribution in [0.25, 0.3) is 11.1 Å². The molecule has 3 aromatic rings. The van der Waals surface area contributed by atoms with Crippen LogP contribution < -0.4 is 4.74 Å². The molecule has 1 atom stereocenters. The van der Waals surface area contributed by atoms with Crippen molar-refractivity contribution in [3.8, 4) is 16.9 Å². The highest BCUT2D eigenvalue weighted by molar-refractivity contribution is 5.87. The summed E-state index contributed by atoms with van der Waals surface area (Å²) in [6.07, 6.45) is -3.89. The molecule has 0 saturated heterocycles. The molecule has 29 heavy (non-hydrogen) atoms. The maximum atomic E-state index is 12.7. The second-order valence-electron chi connectivity index (χ2n) is 6.54. The lowest BCUT2D eigenvalue weighted by molar-refractivity contribution is -0.137. The fraction of sp³-hybridized carbons (Fsp3) is 0.174. The van der Waals surface area contributed by atoms with Crippen molar-refractivity contribution in [2.75, 3.05) is 0 Å². The van der Waals surface area contributed by atoms with Gasteiger partial charge >= 0.3 is 12.1 Å². The van der Waals surface area contributed by atoms with Crippen LogP contribution in [-0.4, -0.2) is 11.1 Å². The molecule has 3 nitrogen and oxygen atoms in total. The Morgan fingerprint density at radius 2 is 1.41 bits per heavy atom. The number of rotatable bonds is 6. The van der Waals surface area contributed by atoms with Crippen molar-refractivity contribution < 1.29 is 27.8 Å². The number of carboxylic acids is 1. The van der Waals surface area contributed by atoms with Crippen molar-refractivity contribution in [2.45, 2.75) is 25.6 Å². The van der Waals surface area contributed by atoms with Gasteiger partial charge in [0.05, 0.1) is 11.1 Å². The number of hydrogen-bond acceptors (Lipinski definition) is 2. The van der Waals surface area contributed by atoms with Crippen molar-refractivity contribution in [1.29, 1.82) is 0 Å². The summed E-state index contributed by atoms with van der Waals surface area (Å²) in [6, 6.07) is 18.7. The molecule has 0 saturated carbocycles. The van der Waals surface area contributed by atoms with Crippen molar-refractivity contribution in [3.05, 3.63) is 89.5 Å². The van der Waals surface area contributed by atoms with Gasteiger partial charge in [-0.3, -0.25) is 0 Å². The molecule has 0 heterocycles. The van der Waals surface area contributed by atoms with E-state index in [1.54, 1.807) is 12.1 Å². The third-order valence-corrected chi connectivity index (χ3v) is 4.58. The van der Waals surface area contributed by atoms with E-state index >= 15 is 0 Å². The van der Waals surface area contributed by atoms with Crippen LogP contribution in [0, 0.1) is 0 Å². The molecule has 0 aliphatic rings. The monoisotopic (exact) mass is 400 g/mol. The fourth-order valence-corrected chi connectivity index (χ4v) is 2.97. The summed E-state index contributed by atoms with van der Waals surface area (Å²) in [6.45, 7) is 1.97. The molecular formula is C23H19F3O3. The summed E-state index contributed by atoms with van der Waals surface area (Å²) in [5, 5.41) is 8.96. The molecule has 150 valence electrons. The molecule has 0 aliphatic carbocycles. The van der Waals surface area contributed by atoms with Crippen LogP contribution in [-0.2, 0) is 6.18 Å². The highest BCUT2D eigenvalue weighted by Gasteiger charge is 2.29. The summed E-state index contributed by atoms with van der Waals surface area (Å²) in [7, 11) is 0. The number of halogens is 3. The lowest BCUT2D eigenvalue weighted by Gasteiger charge is -2.18. The van der Waals surface area contributed by atoms with Gasteiger partial charge in [0.1, 0.15) is 11.9 Å². The molecule has 0 amide bonds. The molecule has 1 N–H and O–H groups in total. The maximum Gasteiger partial charge on any atom is 0.416 e. The number of aromatic carboxylic acids is 1. The third-order valence-electron chi connectivity index (χ3n) is 4.58.